The van der Waals surface area contributed by atoms with Gasteiger partial charge in [0.05, 0.1) is 11.7 Å². The Morgan fingerprint density at radius 1 is 1.15 bits per heavy atom. The molecule has 1 amide bonds. The maximum Gasteiger partial charge on any atom is 0.316 e. The van der Waals surface area contributed by atoms with Gasteiger partial charge in [-0.15, -0.1) is 11.8 Å². The largest absolute Gasteiger partial charge is 0.490 e. The molecule has 1 fully saturated rings. The zero-order valence-electron chi connectivity index (χ0n) is 15.2. The maximum atomic E-state index is 12.7. The minimum atomic E-state index is -0.910. The van der Waals surface area contributed by atoms with Crippen LogP contribution in [0.4, 0.5) is 5.69 Å². The molecule has 6 heteroatoms. The number of carboxylic acid groups (broad SMARTS) is 1. The van der Waals surface area contributed by atoms with Crippen LogP contribution in [-0.2, 0) is 4.79 Å². The van der Waals surface area contributed by atoms with E-state index in [4.69, 9.17) is 9.84 Å². The number of hydrogen-bond acceptors (Lipinski definition) is 4. The molecule has 2 N–H and O–H groups in total. The fourth-order valence-electron chi connectivity index (χ4n) is 3.04. The van der Waals surface area contributed by atoms with Crippen LogP contribution < -0.4 is 10.1 Å². The first kappa shape index (κ1) is 19.3. The van der Waals surface area contributed by atoms with Crippen molar-refractivity contribution in [2.75, 3.05) is 5.32 Å². The smallest absolute Gasteiger partial charge is 0.316 e. The first-order valence-corrected chi connectivity index (χ1v) is 9.97. The van der Waals surface area contributed by atoms with Crippen LogP contribution in [0.2, 0.25) is 0 Å². The van der Waals surface area contributed by atoms with Gasteiger partial charge < -0.3 is 15.2 Å². The van der Waals surface area contributed by atoms with Crippen LogP contribution >= 0.6 is 11.8 Å². The Bertz CT molecular complexity index is 817. The molecule has 1 aliphatic rings. The normalized spacial score (nSPS) is 15.3. The molecule has 2 aromatic carbocycles. The fraction of sp³-hybridized carbons (Fsp3) is 0.333. The van der Waals surface area contributed by atoms with Crippen LogP contribution in [0.15, 0.2) is 53.4 Å². The number of benzene rings is 2. The zero-order chi connectivity index (χ0) is 19.2. The number of carboxylic acids is 1. The summed E-state index contributed by atoms with van der Waals surface area (Å²) in [5.74, 6) is -0.428. The fourth-order valence-corrected chi connectivity index (χ4v) is 3.97. The van der Waals surface area contributed by atoms with Gasteiger partial charge in [0.2, 0.25) is 0 Å². The monoisotopic (exact) mass is 385 g/mol. The molecule has 1 unspecified atom stereocenters. The third-order valence-electron chi connectivity index (χ3n) is 4.48. The molecule has 2 aromatic rings. The standard InChI is InChI=1S/C21H23NO4S/c1-14(21(24)25)27-19-12-5-4-11-18(19)20(23)22-15-7-6-10-17(13-15)26-16-8-2-3-9-16/h4-7,10-14,16H,2-3,8-9H2,1H3,(H,22,23)(H,24,25). The average molecular weight is 385 g/mol. The lowest BCUT2D eigenvalue weighted by Gasteiger charge is -2.15. The van der Waals surface area contributed by atoms with Gasteiger partial charge in [0, 0.05) is 16.6 Å². The van der Waals surface area contributed by atoms with Crippen LogP contribution in [0.25, 0.3) is 0 Å². The molecule has 5 nitrogen and oxygen atoms in total. The Hall–Kier alpha value is -2.47. The first-order valence-electron chi connectivity index (χ1n) is 9.09. The molecule has 1 saturated carbocycles. The van der Waals surface area contributed by atoms with E-state index in [9.17, 15) is 9.59 Å². The number of ether oxygens (including phenoxy) is 1. The van der Waals surface area contributed by atoms with Crippen molar-refractivity contribution in [3.63, 3.8) is 0 Å². The maximum absolute atomic E-state index is 12.7. The van der Waals surface area contributed by atoms with E-state index in [2.05, 4.69) is 5.32 Å². The van der Waals surface area contributed by atoms with E-state index in [0.717, 1.165) is 30.4 Å². The van der Waals surface area contributed by atoms with Crippen LogP contribution in [-0.4, -0.2) is 28.3 Å². The summed E-state index contributed by atoms with van der Waals surface area (Å²) in [4.78, 5) is 24.5. The van der Waals surface area contributed by atoms with Gasteiger partial charge in [0.15, 0.2) is 0 Å². The molecule has 0 saturated heterocycles. The van der Waals surface area contributed by atoms with E-state index in [1.807, 2.05) is 24.3 Å². The average Bonchev–Trinajstić information content (AvgIpc) is 3.15. The van der Waals surface area contributed by atoms with Gasteiger partial charge in [0.25, 0.3) is 5.91 Å². The highest BCUT2D eigenvalue weighted by atomic mass is 32.2. The lowest BCUT2D eigenvalue weighted by Crippen LogP contribution is -2.16. The molecule has 0 radical (unpaired) electrons. The lowest BCUT2D eigenvalue weighted by atomic mass is 10.2. The third-order valence-corrected chi connectivity index (χ3v) is 5.65. The summed E-state index contributed by atoms with van der Waals surface area (Å²) < 4.78 is 5.99. The second-order valence-corrected chi connectivity index (χ2v) is 7.98. The molecule has 0 bridgehead atoms. The minimum Gasteiger partial charge on any atom is -0.490 e. The van der Waals surface area contributed by atoms with Crippen molar-refractivity contribution in [3.05, 3.63) is 54.1 Å². The number of anilines is 1. The molecule has 0 aromatic heterocycles. The topological polar surface area (TPSA) is 75.6 Å². The first-order chi connectivity index (χ1) is 13.0. The van der Waals surface area contributed by atoms with Crippen molar-refractivity contribution >= 4 is 29.3 Å². The molecule has 3 rings (SSSR count). The summed E-state index contributed by atoms with van der Waals surface area (Å²) in [6.07, 6.45) is 4.80. The number of amides is 1. The highest BCUT2D eigenvalue weighted by Crippen LogP contribution is 2.29. The number of rotatable bonds is 7. The minimum absolute atomic E-state index is 0.255. The Balaban J connectivity index is 1.71. The highest BCUT2D eigenvalue weighted by molar-refractivity contribution is 8.00. The quantitative estimate of drug-likeness (QED) is 0.668. The van der Waals surface area contributed by atoms with E-state index < -0.39 is 11.2 Å². The molecule has 1 atom stereocenters. The number of hydrogen-bond donors (Lipinski definition) is 2. The summed E-state index contributed by atoms with van der Waals surface area (Å²) in [5.41, 5.74) is 1.11. The predicted molar refractivity (Wildman–Crippen MR) is 107 cm³/mol. The van der Waals surface area contributed by atoms with Gasteiger partial charge in [0.1, 0.15) is 11.0 Å². The van der Waals surface area contributed by atoms with Crippen molar-refractivity contribution in [3.8, 4) is 5.75 Å². The Morgan fingerprint density at radius 2 is 1.89 bits per heavy atom. The van der Waals surface area contributed by atoms with Crippen LogP contribution in [0, 0.1) is 0 Å². The van der Waals surface area contributed by atoms with Crippen molar-refractivity contribution in [2.45, 2.75) is 48.9 Å². The second kappa shape index (κ2) is 8.95. The van der Waals surface area contributed by atoms with E-state index in [0.29, 0.717) is 16.1 Å². The van der Waals surface area contributed by atoms with E-state index in [1.54, 1.807) is 31.2 Å². The molecule has 142 valence electrons. The van der Waals surface area contributed by atoms with Gasteiger partial charge in [-0.2, -0.15) is 0 Å². The molecule has 1 aliphatic carbocycles. The Kier molecular flexibility index (Phi) is 6.40. The number of aliphatic carboxylic acids is 1. The highest BCUT2D eigenvalue weighted by Gasteiger charge is 2.19. The number of nitrogens with one attached hydrogen (secondary N) is 1. The lowest BCUT2D eigenvalue weighted by molar-refractivity contribution is -0.136. The van der Waals surface area contributed by atoms with Gasteiger partial charge in [-0.3, -0.25) is 9.59 Å². The summed E-state index contributed by atoms with van der Waals surface area (Å²) in [6.45, 7) is 1.60. The predicted octanol–water partition coefficient (Wildman–Crippen LogP) is 4.83. The van der Waals surface area contributed by atoms with Gasteiger partial charge in [-0.25, -0.2) is 0 Å². The van der Waals surface area contributed by atoms with Gasteiger partial charge in [-0.05, 0) is 56.9 Å². The van der Waals surface area contributed by atoms with Crippen molar-refractivity contribution in [2.24, 2.45) is 0 Å². The summed E-state index contributed by atoms with van der Waals surface area (Å²) in [6, 6.07) is 14.4. The van der Waals surface area contributed by atoms with Gasteiger partial charge >= 0.3 is 5.97 Å². The van der Waals surface area contributed by atoms with Crippen molar-refractivity contribution < 1.29 is 19.4 Å². The number of thioether (sulfide) groups is 1. The molecular weight excluding hydrogens is 362 g/mol. The molecule has 0 aliphatic heterocycles. The van der Waals surface area contributed by atoms with Crippen LogP contribution in [0.3, 0.4) is 0 Å². The number of carbonyl (C=O) groups is 2. The van der Waals surface area contributed by atoms with Gasteiger partial charge in [-0.1, -0.05) is 18.2 Å². The van der Waals surface area contributed by atoms with Crippen molar-refractivity contribution in [1.29, 1.82) is 0 Å². The number of carbonyl (C=O) groups excluding carboxylic acids is 1. The third kappa shape index (κ3) is 5.26. The van der Waals surface area contributed by atoms with Crippen LogP contribution in [0.5, 0.6) is 5.75 Å². The van der Waals surface area contributed by atoms with Crippen LogP contribution in [0.1, 0.15) is 43.0 Å². The van der Waals surface area contributed by atoms with E-state index in [1.165, 1.54) is 12.8 Å². The SMILES string of the molecule is CC(Sc1ccccc1C(=O)Nc1cccc(OC2CCCC2)c1)C(=O)O. The molecule has 0 heterocycles. The van der Waals surface area contributed by atoms with E-state index in [-0.39, 0.29) is 12.0 Å². The Morgan fingerprint density at radius 3 is 2.63 bits per heavy atom. The van der Waals surface area contributed by atoms with E-state index >= 15 is 0 Å². The molecule has 0 spiro atoms. The van der Waals surface area contributed by atoms with Crippen molar-refractivity contribution in [1.82, 2.24) is 0 Å². The summed E-state index contributed by atoms with van der Waals surface area (Å²) in [5, 5.41) is 11.4. The summed E-state index contributed by atoms with van der Waals surface area (Å²) >= 11 is 1.16. The summed E-state index contributed by atoms with van der Waals surface area (Å²) in [7, 11) is 0. The second-order valence-electron chi connectivity index (χ2n) is 6.60. The molecular formula is C21H23NO4S. The Labute approximate surface area is 163 Å². The molecule has 27 heavy (non-hydrogen) atoms. The zero-order valence-corrected chi connectivity index (χ0v) is 16.0.